The number of anilines is 3. The van der Waals surface area contributed by atoms with Gasteiger partial charge in [0.2, 0.25) is 0 Å². The Hall–Kier alpha value is -2.17. The van der Waals surface area contributed by atoms with Crippen LogP contribution in [-0.2, 0) is 6.42 Å². The molecule has 0 aromatic heterocycles. The number of hydrogen-bond donors (Lipinski definition) is 3. The molecule has 0 fully saturated rings. The number of rotatable bonds is 2. The number of allylic oxidation sites excluding steroid dienone is 1. The highest BCUT2D eigenvalue weighted by molar-refractivity contribution is 6.42. The maximum Gasteiger partial charge on any atom is 0.323 e. The van der Waals surface area contributed by atoms with Crippen molar-refractivity contribution < 1.29 is 4.79 Å². The van der Waals surface area contributed by atoms with Crippen molar-refractivity contribution in [2.75, 3.05) is 16.0 Å². The SMILES string of the molecule is C=C1Cc2cc(NC(=O)Nc3ccc(Cl)c(Cl)c3)ccc2N1. The van der Waals surface area contributed by atoms with Gasteiger partial charge in [0.1, 0.15) is 0 Å². The van der Waals surface area contributed by atoms with Crippen LogP contribution in [0.5, 0.6) is 0 Å². The van der Waals surface area contributed by atoms with Gasteiger partial charge in [-0.2, -0.15) is 0 Å². The number of amides is 2. The molecule has 3 N–H and O–H groups in total. The molecule has 0 bridgehead atoms. The molecule has 0 spiro atoms. The van der Waals surface area contributed by atoms with Gasteiger partial charge in [0.15, 0.2) is 0 Å². The van der Waals surface area contributed by atoms with Gasteiger partial charge in [-0.25, -0.2) is 4.79 Å². The van der Waals surface area contributed by atoms with E-state index in [-0.39, 0.29) is 6.03 Å². The van der Waals surface area contributed by atoms with Crippen LogP contribution in [-0.4, -0.2) is 6.03 Å². The summed E-state index contributed by atoms with van der Waals surface area (Å²) in [5.74, 6) is 0. The van der Waals surface area contributed by atoms with Crippen LogP contribution < -0.4 is 16.0 Å². The summed E-state index contributed by atoms with van der Waals surface area (Å²) in [4.78, 5) is 12.0. The molecule has 2 aromatic carbocycles. The summed E-state index contributed by atoms with van der Waals surface area (Å²) >= 11 is 11.8. The van der Waals surface area contributed by atoms with E-state index in [0.717, 1.165) is 23.4 Å². The quantitative estimate of drug-likeness (QED) is 0.714. The average Bonchev–Trinajstić information content (AvgIpc) is 2.82. The zero-order valence-electron chi connectivity index (χ0n) is 11.5. The van der Waals surface area contributed by atoms with Crippen LogP contribution in [0.15, 0.2) is 48.7 Å². The minimum absolute atomic E-state index is 0.344. The first-order valence-electron chi connectivity index (χ1n) is 6.62. The van der Waals surface area contributed by atoms with Gasteiger partial charge in [-0.3, -0.25) is 0 Å². The molecule has 1 aliphatic rings. The number of nitrogens with one attached hydrogen (secondary N) is 3. The normalized spacial score (nSPS) is 12.5. The lowest BCUT2D eigenvalue weighted by Crippen LogP contribution is -2.19. The Balaban J connectivity index is 1.68. The second-order valence-electron chi connectivity index (χ2n) is 4.99. The van der Waals surface area contributed by atoms with E-state index in [1.54, 1.807) is 18.2 Å². The van der Waals surface area contributed by atoms with Crippen molar-refractivity contribution in [2.45, 2.75) is 6.42 Å². The van der Waals surface area contributed by atoms with Crippen LogP contribution in [0.2, 0.25) is 10.0 Å². The lowest BCUT2D eigenvalue weighted by atomic mass is 10.1. The van der Waals surface area contributed by atoms with Crippen LogP contribution in [0.4, 0.5) is 21.9 Å². The first kappa shape index (κ1) is 14.8. The van der Waals surface area contributed by atoms with Crippen molar-refractivity contribution in [3.63, 3.8) is 0 Å². The maximum atomic E-state index is 12.0. The molecule has 2 amide bonds. The molecule has 0 saturated heterocycles. The summed E-state index contributed by atoms with van der Waals surface area (Å²) in [6, 6.07) is 10.2. The fraction of sp³-hybridized carbons (Fsp3) is 0.0625. The summed E-state index contributed by atoms with van der Waals surface area (Å²) in [7, 11) is 0. The Morgan fingerprint density at radius 3 is 2.45 bits per heavy atom. The smallest absolute Gasteiger partial charge is 0.323 e. The third-order valence-corrected chi connectivity index (χ3v) is 3.99. The van der Waals surface area contributed by atoms with Crippen molar-refractivity contribution in [1.82, 2.24) is 0 Å². The first-order valence-corrected chi connectivity index (χ1v) is 7.37. The van der Waals surface area contributed by atoms with E-state index in [9.17, 15) is 4.79 Å². The molecule has 1 heterocycles. The Bertz CT molecular complexity index is 774. The summed E-state index contributed by atoms with van der Waals surface area (Å²) in [5, 5.41) is 9.51. The number of carbonyl (C=O) groups is 1. The van der Waals surface area contributed by atoms with Gasteiger partial charge in [-0.05, 0) is 42.0 Å². The molecule has 3 rings (SSSR count). The highest BCUT2D eigenvalue weighted by Gasteiger charge is 2.14. The molecule has 0 unspecified atom stereocenters. The highest BCUT2D eigenvalue weighted by Crippen LogP contribution is 2.29. The summed E-state index contributed by atoms with van der Waals surface area (Å²) in [6.07, 6.45) is 0.763. The Morgan fingerprint density at radius 2 is 1.73 bits per heavy atom. The van der Waals surface area contributed by atoms with Gasteiger partial charge in [0.25, 0.3) is 0 Å². The third-order valence-electron chi connectivity index (χ3n) is 3.26. The van der Waals surface area contributed by atoms with E-state index >= 15 is 0 Å². The predicted molar refractivity (Wildman–Crippen MR) is 92.0 cm³/mol. The number of urea groups is 1. The van der Waals surface area contributed by atoms with E-state index < -0.39 is 0 Å². The van der Waals surface area contributed by atoms with Crippen molar-refractivity contribution >= 4 is 46.3 Å². The minimum Gasteiger partial charge on any atom is -0.359 e. The number of halogens is 2. The molecule has 22 heavy (non-hydrogen) atoms. The number of carbonyl (C=O) groups excluding carboxylic acids is 1. The van der Waals surface area contributed by atoms with Crippen LogP contribution >= 0.6 is 23.2 Å². The van der Waals surface area contributed by atoms with Crippen LogP contribution in [0.25, 0.3) is 0 Å². The number of fused-ring (bicyclic) bond motifs is 1. The molecule has 0 atom stereocenters. The molecule has 112 valence electrons. The Kier molecular flexibility index (Phi) is 3.96. The fourth-order valence-corrected chi connectivity index (χ4v) is 2.57. The molecule has 1 aliphatic heterocycles. The predicted octanol–water partition coefficient (Wildman–Crippen LogP) is 5.12. The molecule has 2 aromatic rings. The van der Waals surface area contributed by atoms with Crippen molar-refractivity contribution in [3.8, 4) is 0 Å². The van der Waals surface area contributed by atoms with Gasteiger partial charge < -0.3 is 16.0 Å². The summed E-state index contributed by atoms with van der Waals surface area (Å²) < 4.78 is 0. The van der Waals surface area contributed by atoms with E-state index in [1.165, 1.54) is 0 Å². The minimum atomic E-state index is -0.344. The fourth-order valence-electron chi connectivity index (χ4n) is 2.27. The molecule has 0 aliphatic carbocycles. The Labute approximate surface area is 138 Å². The number of benzene rings is 2. The number of hydrogen-bond acceptors (Lipinski definition) is 2. The van der Waals surface area contributed by atoms with E-state index in [0.29, 0.717) is 21.4 Å². The highest BCUT2D eigenvalue weighted by atomic mass is 35.5. The monoisotopic (exact) mass is 333 g/mol. The first-order chi connectivity index (χ1) is 10.5. The molecule has 4 nitrogen and oxygen atoms in total. The van der Waals surface area contributed by atoms with Gasteiger partial charge in [-0.1, -0.05) is 29.8 Å². The van der Waals surface area contributed by atoms with Gasteiger partial charge >= 0.3 is 6.03 Å². The van der Waals surface area contributed by atoms with Crippen LogP contribution in [0.1, 0.15) is 5.56 Å². The topological polar surface area (TPSA) is 53.2 Å². The van der Waals surface area contributed by atoms with E-state index in [2.05, 4.69) is 22.5 Å². The molecule has 0 radical (unpaired) electrons. The van der Waals surface area contributed by atoms with Gasteiger partial charge in [0.05, 0.1) is 10.0 Å². The molecule has 6 heteroatoms. The third kappa shape index (κ3) is 3.18. The molecule has 0 saturated carbocycles. The largest absolute Gasteiger partial charge is 0.359 e. The average molecular weight is 334 g/mol. The summed E-state index contributed by atoms with van der Waals surface area (Å²) in [6.45, 7) is 3.90. The van der Waals surface area contributed by atoms with Crippen LogP contribution in [0, 0.1) is 0 Å². The van der Waals surface area contributed by atoms with Crippen molar-refractivity contribution in [2.24, 2.45) is 0 Å². The second-order valence-corrected chi connectivity index (χ2v) is 5.80. The molecular weight excluding hydrogens is 321 g/mol. The van der Waals surface area contributed by atoms with Crippen molar-refractivity contribution in [3.05, 3.63) is 64.3 Å². The van der Waals surface area contributed by atoms with Gasteiger partial charge in [-0.15, -0.1) is 0 Å². The second kappa shape index (κ2) is 5.91. The zero-order valence-corrected chi connectivity index (χ0v) is 13.1. The van der Waals surface area contributed by atoms with Gasteiger partial charge in [0, 0.05) is 29.2 Å². The Morgan fingerprint density at radius 1 is 1.05 bits per heavy atom. The summed E-state index contributed by atoms with van der Waals surface area (Å²) in [5.41, 5.74) is 4.38. The lowest BCUT2D eigenvalue weighted by molar-refractivity contribution is 0.262. The molecular formula is C16H13Cl2N3O. The lowest BCUT2D eigenvalue weighted by Gasteiger charge is -2.09. The van der Waals surface area contributed by atoms with Crippen LogP contribution in [0.3, 0.4) is 0 Å². The standard InChI is InChI=1S/C16H13Cl2N3O/c1-9-6-10-7-11(3-5-15(10)19-9)20-16(22)21-12-2-4-13(17)14(18)8-12/h2-5,7-8,19H,1,6H2,(H2,20,21,22). The van der Waals surface area contributed by atoms with E-state index in [1.807, 2.05) is 18.2 Å². The van der Waals surface area contributed by atoms with Crippen molar-refractivity contribution in [1.29, 1.82) is 0 Å². The van der Waals surface area contributed by atoms with E-state index in [4.69, 9.17) is 23.2 Å². The maximum absolute atomic E-state index is 12.0. The zero-order chi connectivity index (χ0) is 15.7.